The van der Waals surface area contributed by atoms with Crippen molar-refractivity contribution in [3.8, 4) is 11.9 Å². The summed E-state index contributed by atoms with van der Waals surface area (Å²) in [5.74, 6) is -2.25. The van der Waals surface area contributed by atoms with Gasteiger partial charge in [-0.25, -0.2) is 14.6 Å². The lowest BCUT2D eigenvalue weighted by atomic mass is 9.94. The normalized spacial score (nSPS) is 20.1. The number of methoxy groups -OCH3 is 2. The van der Waals surface area contributed by atoms with E-state index >= 15 is 0 Å². The standard InChI is InChI=1S/C28H28N2O9/c1-17(31)37-27-21(14-20-15-23(34-2)30-28(29-20)35-3)24(39-26(33)19-12-8-5-9-13-19)22(38-27)16-36-25(32)18-10-6-4-7-11-18/h4-13,15,21-22,24,27H,14,16H2,1-3H3/t21-,22+,24-,27+/m0/s1. The van der Waals surface area contributed by atoms with E-state index in [0.29, 0.717) is 16.8 Å². The van der Waals surface area contributed by atoms with E-state index in [1.165, 1.54) is 21.1 Å². The zero-order chi connectivity index (χ0) is 27.8. The molecule has 11 heteroatoms. The summed E-state index contributed by atoms with van der Waals surface area (Å²) < 4.78 is 33.3. The van der Waals surface area contributed by atoms with Gasteiger partial charge in [-0.1, -0.05) is 36.4 Å². The van der Waals surface area contributed by atoms with Crippen molar-refractivity contribution in [1.82, 2.24) is 9.97 Å². The molecule has 1 fully saturated rings. The van der Waals surface area contributed by atoms with Crippen molar-refractivity contribution in [2.24, 2.45) is 5.92 Å². The van der Waals surface area contributed by atoms with Crippen LogP contribution in [0, 0.1) is 5.92 Å². The molecule has 0 aliphatic carbocycles. The molecule has 0 unspecified atom stereocenters. The molecule has 1 aromatic heterocycles. The van der Waals surface area contributed by atoms with Crippen LogP contribution in [0.3, 0.4) is 0 Å². The SMILES string of the molecule is COc1cc(C[C@@H]2[C@H](OC(C)=O)O[C@H](COC(=O)c3ccccc3)[C@H]2OC(=O)c2ccccc2)nc(OC)n1. The van der Waals surface area contributed by atoms with Gasteiger partial charge >= 0.3 is 23.9 Å². The largest absolute Gasteiger partial charge is 0.481 e. The Hall–Kier alpha value is -4.51. The minimum Gasteiger partial charge on any atom is -0.481 e. The van der Waals surface area contributed by atoms with Gasteiger partial charge in [-0.2, -0.15) is 4.98 Å². The predicted octanol–water partition coefficient (Wildman–Crippen LogP) is 3.02. The van der Waals surface area contributed by atoms with Crippen LogP contribution in [0.1, 0.15) is 33.3 Å². The molecule has 0 spiro atoms. The van der Waals surface area contributed by atoms with Gasteiger partial charge < -0.3 is 28.4 Å². The molecule has 11 nitrogen and oxygen atoms in total. The molecule has 0 saturated carbocycles. The molecule has 2 aromatic carbocycles. The highest BCUT2D eigenvalue weighted by molar-refractivity contribution is 5.90. The first kappa shape index (κ1) is 27.5. The maximum atomic E-state index is 13.1. The Morgan fingerprint density at radius 1 is 0.846 bits per heavy atom. The van der Waals surface area contributed by atoms with Crippen LogP contribution >= 0.6 is 0 Å². The Morgan fingerprint density at radius 3 is 2.08 bits per heavy atom. The second-order valence-corrected chi connectivity index (χ2v) is 8.61. The molecule has 3 aromatic rings. The number of carbonyl (C=O) groups excluding carboxylic acids is 3. The Kier molecular flexibility index (Phi) is 9.06. The average molecular weight is 537 g/mol. The third-order valence-electron chi connectivity index (χ3n) is 5.94. The topological polar surface area (TPSA) is 132 Å². The van der Waals surface area contributed by atoms with Crippen LogP contribution in [0.25, 0.3) is 0 Å². The molecule has 0 amide bonds. The van der Waals surface area contributed by atoms with Crippen LogP contribution in [0.2, 0.25) is 0 Å². The van der Waals surface area contributed by atoms with Crippen molar-refractivity contribution in [2.45, 2.75) is 31.8 Å². The van der Waals surface area contributed by atoms with E-state index in [1.807, 2.05) is 0 Å². The van der Waals surface area contributed by atoms with Gasteiger partial charge in [0, 0.05) is 19.4 Å². The summed E-state index contributed by atoms with van der Waals surface area (Å²) >= 11 is 0. The molecular weight excluding hydrogens is 508 g/mol. The lowest BCUT2D eigenvalue weighted by Gasteiger charge is -2.24. The summed E-state index contributed by atoms with van der Waals surface area (Å²) in [6, 6.07) is 18.5. The maximum Gasteiger partial charge on any atom is 0.338 e. The van der Waals surface area contributed by atoms with Crippen LogP contribution in [-0.2, 0) is 30.2 Å². The summed E-state index contributed by atoms with van der Waals surface area (Å²) in [6.07, 6.45) is -2.91. The van der Waals surface area contributed by atoms with Gasteiger partial charge in [0.1, 0.15) is 18.8 Å². The van der Waals surface area contributed by atoms with Gasteiger partial charge in [-0.3, -0.25) is 4.79 Å². The van der Waals surface area contributed by atoms with Gasteiger partial charge in [0.2, 0.25) is 12.2 Å². The summed E-state index contributed by atoms with van der Waals surface area (Å²) in [7, 11) is 2.87. The molecule has 2 heterocycles. The number of ether oxygens (including phenoxy) is 6. The van der Waals surface area contributed by atoms with E-state index in [1.54, 1.807) is 66.7 Å². The fraction of sp³-hybridized carbons (Fsp3) is 0.321. The van der Waals surface area contributed by atoms with Crippen molar-refractivity contribution in [1.29, 1.82) is 0 Å². The van der Waals surface area contributed by atoms with E-state index in [0.717, 1.165) is 0 Å². The smallest absolute Gasteiger partial charge is 0.338 e. The fourth-order valence-corrected chi connectivity index (χ4v) is 4.14. The highest BCUT2D eigenvalue weighted by Gasteiger charge is 2.49. The average Bonchev–Trinajstić information content (AvgIpc) is 3.26. The zero-order valence-corrected chi connectivity index (χ0v) is 21.6. The molecule has 1 aliphatic heterocycles. The molecule has 1 aliphatic rings. The lowest BCUT2D eigenvalue weighted by Crippen LogP contribution is -2.37. The first-order valence-corrected chi connectivity index (χ1v) is 12.1. The van der Waals surface area contributed by atoms with Crippen LogP contribution in [0.5, 0.6) is 11.9 Å². The lowest BCUT2D eigenvalue weighted by molar-refractivity contribution is -0.181. The Bertz CT molecular complexity index is 1260. The van der Waals surface area contributed by atoms with Crippen molar-refractivity contribution in [3.63, 3.8) is 0 Å². The van der Waals surface area contributed by atoms with Gasteiger partial charge in [0.15, 0.2) is 0 Å². The first-order chi connectivity index (χ1) is 18.9. The third kappa shape index (κ3) is 7.08. The molecule has 0 bridgehead atoms. The predicted molar refractivity (Wildman–Crippen MR) is 135 cm³/mol. The van der Waals surface area contributed by atoms with Crippen molar-refractivity contribution in [2.75, 3.05) is 20.8 Å². The summed E-state index contributed by atoms with van der Waals surface area (Å²) in [5, 5.41) is 0. The molecule has 1 saturated heterocycles. The van der Waals surface area contributed by atoms with Crippen LogP contribution in [0.4, 0.5) is 0 Å². The van der Waals surface area contributed by atoms with Gasteiger partial charge in [0.25, 0.3) is 0 Å². The fourth-order valence-electron chi connectivity index (χ4n) is 4.14. The molecular formula is C28H28N2O9. The Balaban J connectivity index is 1.63. The van der Waals surface area contributed by atoms with E-state index in [2.05, 4.69) is 9.97 Å². The van der Waals surface area contributed by atoms with Gasteiger partial charge in [0.05, 0.1) is 37.0 Å². The Labute approximate surface area is 225 Å². The number of nitrogens with zero attached hydrogens (tertiary/aromatic N) is 2. The number of carbonyl (C=O) groups is 3. The Morgan fingerprint density at radius 2 is 1.49 bits per heavy atom. The summed E-state index contributed by atoms with van der Waals surface area (Å²) in [6.45, 7) is 0.982. The molecule has 0 N–H and O–H groups in total. The first-order valence-electron chi connectivity index (χ1n) is 12.1. The number of hydrogen-bond donors (Lipinski definition) is 0. The van der Waals surface area contributed by atoms with Crippen molar-refractivity contribution in [3.05, 3.63) is 83.6 Å². The zero-order valence-electron chi connectivity index (χ0n) is 21.6. The van der Waals surface area contributed by atoms with Crippen LogP contribution in [-0.4, -0.2) is 67.2 Å². The number of esters is 3. The second-order valence-electron chi connectivity index (χ2n) is 8.61. The molecule has 204 valence electrons. The number of aromatic nitrogens is 2. The molecule has 4 atom stereocenters. The molecule has 4 rings (SSSR count). The number of benzene rings is 2. The van der Waals surface area contributed by atoms with Crippen molar-refractivity contribution < 1.29 is 42.8 Å². The summed E-state index contributed by atoms with van der Waals surface area (Å²) in [4.78, 5) is 46.1. The van der Waals surface area contributed by atoms with E-state index in [4.69, 9.17) is 28.4 Å². The van der Waals surface area contributed by atoms with Gasteiger partial charge in [-0.05, 0) is 24.3 Å². The second kappa shape index (κ2) is 12.8. The quantitative estimate of drug-likeness (QED) is 0.280. The minimum atomic E-state index is -1.12. The van der Waals surface area contributed by atoms with E-state index in [9.17, 15) is 14.4 Å². The van der Waals surface area contributed by atoms with E-state index < -0.39 is 42.3 Å². The molecule has 39 heavy (non-hydrogen) atoms. The summed E-state index contributed by atoms with van der Waals surface area (Å²) in [5.41, 5.74) is 1.13. The highest BCUT2D eigenvalue weighted by atomic mass is 16.7. The van der Waals surface area contributed by atoms with E-state index in [-0.39, 0.29) is 24.9 Å². The minimum absolute atomic E-state index is 0.0680. The van der Waals surface area contributed by atoms with Crippen molar-refractivity contribution >= 4 is 17.9 Å². The number of hydrogen-bond acceptors (Lipinski definition) is 11. The molecule has 0 radical (unpaired) electrons. The number of rotatable bonds is 10. The maximum absolute atomic E-state index is 13.1. The van der Waals surface area contributed by atoms with Gasteiger partial charge in [-0.15, -0.1) is 0 Å². The highest BCUT2D eigenvalue weighted by Crippen LogP contribution is 2.35. The van der Waals surface area contributed by atoms with Crippen LogP contribution in [0.15, 0.2) is 66.7 Å². The monoisotopic (exact) mass is 536 g/mol. The van der Waals surface area contributed by atoms with Crippen LogP contribution < -0.4 is 9.47 Å². The third-order valence-corrected chi connectivity index (χ3v) is 5.94.